The molecular weight excluding hydrogens is 455 g/mol. The monoisotopic (exact) mass is 468 g/mol. The summed E-state index contributed by atoms with van der Waals surface area (Å²) in [5, 5.41) is 12.3. The second-order valence-electron chi connectivity index (χ2n) is 4.87. The first-order chi connectivity index (χ1) is 12.0. The van der Waals surface area contributed by atoms with Gasteiger partial charge in [-0.2, -0.15) is 5.26 Å². The fraction of sp³-hybridized carbons (Fsp3) is 0.111. The highest BCUT2D eigenvalue weighted by atomic mass is 127. The number of methoxy groups -OCH3 is 2. The number of ether oxygens (including phenoxy) is 2. The molecule has 25 heavy (non-hydrogen) atoms. The van der Waals surface area contributed by atoms with Crippen LogP contribution in [0, 0.1) is 14.9 Å². The van der Waals surface area contributed by atoms with Gasteiger partial charge >= 0.3 is 0 Å². The zero-order valence-electron chi connectivity index (χ0n) is 13.5. The summed E-state index contributed by atoms with van der Waals surface area (Å²) in [4.78, 5) is 12.3. The number of halogens is 2. The third kappa shape index (κ3) is 4.87. The molecule has 1 N–H and O–H groups in total. The highest BCUT2D eigenvalue weighted by molar-refractivity contribution is 14.1. The molecule has 0 aliphatic carbocycles. The SMILES string of the molecule is COc1cc(/C=C(\C#N)C(=O)Nc2cccc(I)c2)cc(Cl)c1OC. The van der Waals surface area contributed by atoms with Crippen LogP contribution in [-0.4, -0.2) is 20.1 Å². The maximum Gasteiger partial charge on any atom is 0.266 e. The van der Waals surface area contributed by atoms with Crippen LogP contribution in [0.25, 0.3) is 6.08 Å². The smallest absolute Gasteiger partial charge is 0.266 e. The first-order valence-corrected chi connectivity index (χ1v) is 8.54. The molecular formula is C18H14ClIN2O3. The Morgan fingerprint density at radius 1 is 1.28 bits per heavy atom. The predicted molar refractivity (Wildman–Crippen MR) is 106 cm³/mol. The molecule has 0 saturated carbocycles. The van der Waals surface area contributed by atoms with E-state index >= 15 is 0 Å². The summed E-state index contributed by atoms with van der Waals surface area (Å²) in [5.74, 6) is 0.301. The van der Waals surface area contributed by atoms with Crippen LogP contribution in [-0.2, 0) is 4.79 Å². The molecule has 5 nitrogen and oxygen atoms in total. The Labute approximate surface area is 164 Å². The molecule has 0 radical (unpaired) electrons. The first-order valence-electron chi connectivity index (χ1n) is 7.08. The molecule has 2 aromatic rings. The topological polar surface area (TPSA) is 71.3 Å². The van der Waals surface area contributed by atoms with E-state index in [1.807, 2.05) is 18.2 Å². The lowest BCUT2D eigenvalue weighted by Crippen LogP contribution is -2.13. The third-order valence-electron chi connectivity index (χ3n) is 3.21. The molecule has 0 bridgehead atoms. The van der Waals surface area contributed by atoms with E-state index in [4.69, 9.17) is 21.1 Å². The summed E-state index contributed by atoms with van der Waals surface area (Å²) < 4.78 is 11.4. The van der Waals surface area contributed by atoms with Crippen molar-refractivity contribution >= 4 is 51.9 Å². The second kappa shape index (κ2) is 8.74. The molecule has 0 atom stereocenters. The summed E-state index contributed by atoms with van der Waals surface area (Å²) in [6, 6.07) is 12.4. The standard InChI is InChI=1S/C18H14ClIN2O3/c1-24-16-8-11(7-15(19)17(16)25-2)6-12(10-21)18(23)22-14-5-3-4-13(20)9-14/h3-9H,1-2H3,(H,22,23)/b12-6+. The zero-order chi connectivity index (χ0) is 18.4. The number of benzene rings is 2. The van der Waals surface area contributed by atoms with E-state index in [0.29, 0.717) is 27.8 Å². The van der Waals surface area contributed by atoms with Gasteiger partial charge in [0.1, 0.15) is 11.6 Å². The van der Waals surface area contributed by atoms with Gasteiger partial charge in [0.15, 0.2) is 11.5 Å². The van der Waals surface area contributed by atoms with Crippen molar-refractivity contribution in [1.29, 1.82) is 5.26 Å². The van der Waals surface area contributed by atoms with E-state index in [9.17, 15) is 10.1 Å². The van der Waals surface area contributed by atoms with E-state index in [1.165, 1.54) is 20.3 Å². The molecule has 0 aromatic heterocycles. The number of carbonyl (C=O) groups excluding carboxylic acids is 1. The van der Waals surface area contributed by atoms with E-state index in [2.05, 4.69) is 27.9 Å². The molecule has 1 amide bonds. The summed E-state index contributed by atoms with van der Waals surface area (Å²) >= 11 is 8.29. The number of amides is 1. The van der Waals surface area contributed by atoms with Crippen LogP contribution in [0.3, 0.4) is 0 Å². The minimum atomic E-state index is -0.504. The lowest BCUT2D eigenvalue weighted by Gasteiger charge is -2.10. The van der Waals surface area contributed by atoms with Crippen molar-refractivity contribution in [2.24, 2.45) is 0 Å². The number of hydrogen-bond donors (Lipinski definition) is 1. The molecule has 0 fully saturated rings. The van der Waals surface area contributed by atoms with Crippen LogP contribution in [0.5, 0.6) is 11.5 Å². The normalized spacial score (nSPS) is 10.8. The minimum Gasteiger partial charge on any atom is -0.493 e. The lowest BCUT2D eigenvalue weighted by atomic mass is 10.1. The molecule has 0 spiro atoms. The average Bonchev–Trinajstić information content (AvgIpc) is 2.58. The average molecular weight is 469 g/mol. The Kier molecular flexibility index (Phi) is 6.67. The summed E-state index contributed by atoms with van der Waals surface area (Å²) in [7, 11) is 2.96. The van der Waals surface area contributed by atoms with Crippen molar-refractivity contribution in [2.75, 3.05) is 19.5 Å². The van der Waals surface area contributed by atoms with Gasteiger partial charge in [-0.25, -0.2) is 0 Å². The Hall–Kier alpha value is -2.24. The van der Waals surface area contributed by atoms with Crippen molar-refractivity contribution in [3.8, 4) is 17.6 Å². The predicted octanol–water partition coefficient (Wildman–Crippen LogP) is 4.51. The Bertz CT molecular complexity index is 875. The van der Waals surface area contributed by atoms with E-state index < -0.39 is 5.91 Å². The molecule has 0 aliphatic heterocycles. The molecule has 0 unspecified atom stereocenters. The van der Waals surface area contributed by atoms with E-state index in [-0.39, 0.29) is 5.57 Å². The van der Waals surface area contributed by atoms with Crippen molar-refractivity contribution in [3.05, 3.63) is 56.1 Å². The fourth-order valence-corrected chi connectivity index (χ4v) is 2.94. The molecule has 7 heteroatoms. The summed E-state index contributed by atoms with van der Waals surface area (Å²) in [5.41, 5.74) is 1.11. The fourth-order valence-electron chi connectivity index (χ4n) is 2.10. The van der Waals surface area contributed by atoms with Gasteiger partial charge < -0.3 is 14.8 Å². The van der Waals surface area contributed by atoms with Crippen molar-refractivity contribution < 1.29 is 14.3 Å². The first kappa shape index (κ1) is 19.1. The molecule has 128 valence electrons. The van der Waals surface area contributed by atoms with Crippen LogP contribution >= 0.6 is 34.2 Å². The van der Waals surface area contributed by atoms with Gasteiger partial charge in [-0.15, -0.1) is 0 Å². The van der Waals surface area contributed by atoms with Gasteiger partial charge in [0.2, 0.25) is 0 Å². The van der Waals surface area contributed by atoms with Crippen LogP contribution < -0.4 is 14.8 Å². The van der Waals surface area contributed by atoms with Gasteiger partial charge in [0.25, 0.3) is 5.91 Å². The van der Waals surface area contributed by atoms with Crippen LogP contribution in [0.1, 0.15) is 5.56 Å². The Morgan fingerprint density at radius 2 is 2.04 bits per heavy atom. The molecule has 0 saturated heterocycles. The minimum absolute atomic E-state index is 0.0536. The van der Waals surface area contributed by atoms with Gasteiger partial charge in [-0.05, 0) is 64.6 Å². The number of carbonyl (C=O) groups is 1. The number of rotatable bonds is 5. The van der Waals surface area contributed by atoms with Gasteiger partial charge in [0.05, 0.1) is 19.2 Å². The van der Waals surface area contributed by atoms with Gasteiger partial charge in [0, 0.05) is 9.26 Å². The van der Waals surface area contributed by atoms with Gasteiger partial charge in [-0.3, -0.25) is 4.79 Å². The maximum absolute atomic E-state index is 12.3. The number of nitrogens with one attached hydrogen (secondary N) is 1. The highest BCUT2D eigenvalue weighted by Gasteiger charge is 2.13. The second-order valence-corrected chi connectivity index (χ2v) is 6.53. The van der Waals surface area contributed by atoms with E-state index in [1.54, 1.807) is 24.3 Å². The van der Waals surface area contributed by atoms with E-state index in [0.717, 1.165) is 3.57 Å². The van der Waals surface area contributed by atoms with Crippen LogP contribution in [0.4, 0.5) is 5.69 Å². The molecule has 0 heterocycles. The molecule has 2 rings (SSSR count). The van der Waals surface area contributed by atoms with Gasteiger partial charge in [-0.1, -0.05) is 17.7 Å². The maximum atomic E-state index is 12.3. The van der Waals surface area contributed by atoms with Crippen LogP contribution in [0.15, 0.2) is 42.0 Å². The zero-order valence-corrected chi connectivity index (χ0v) is 16.4. The number of hydrogen-bond acceptors (Lipinski definition) is 4. The molecule has 0 aliphatic rings. The quantitative estimate of drug-likeness (QED) is 0.398. The lowest BCUT2D eigenvalue weighted by molar-refractivity contribution is -0.112. The van der Waals surface area contributed by atoms with Crippen molar-refractivity contribution in [2.45, 2.75) is 0 Å². The van der Waals surface area contributed by atoms with Crippen LogP contribution in [0.2, 0.25) is 5.02 Å². The summed E-state index contributed by atoms with van der Waals surface area (Å²) in [6.45, 7) is 0. The summed E-state index contributed by atoms with van der Waals surface area (Å²) in [6.07, 6.45) is 1.44. The Morgan fingerprint density at radius 3 is 2.64 bits per heavy atom. The highest BCUT2D eigenvalue weighted by Crippen LogP contribution is 2.36. The van der Waals surface area contributed by atoms with Crippen molar-refractivity contribution in [1.82, 2.24) is 0 Å². The third-order valence-corrected chi connectivity index (χ3v) is 4.17. The Balaban J connectivity index is 2.32. The number of nitrogens with zero attached hydrogens (tertiary/aromatic N) is 1. The molecule has 2 aromatic carbocycles. The number of nitriles is 1. The number of anilines is 1. The van der Waals surface area contributed by atoms with Crippen molar-refractivity contribution in [3.63, 3.8) is 0 Å². The largest absolute Gasteiger partial charge is 0.493 e.